The molecule has 0 spiro atoms. The summed E-state index contributed by atoms with van der Waals surface area (Å²) in [6.07, 6.45) is 2.92. The lowest BCUT2D eigenvalue weighted by molar-refractivity contribution is 0.135. The normalized spacial score (nSPS) is 33.1. The monoisotopic (exact) mass is 297 g/mol. The summed E-state index contributed by atoms with van der Waals surface area (Å²) in [7, 11) is 0. The zero-order valence-electron chi connectivity index (χ0n) is 9.46. The Bertz CT molecular complexity index is 351. The standard InChI is InChI=1S/C11H14Cl3NO2/c1-3-4-7-9(16-7)8-5-6(2)15-10(17-8)11(12,13)14/h7-9H,2-5H2,1H3/t7-,8+,9-/m1/s1. The number of rotatable bonds is 3. The number of alkyl halides is 3. The van der Waals surface area contributed by atoms with Crippen molar-refractivity contribution in [3.8, 4) is 0 Å². The van der Waals surface area contributed by atoms with E-state index in [2.05, 4.69) is 18.5 Å². The average molecular weight is 299 g/mol. The highest BCUT2D eigenvalue weighted by Gasteiger charge is 2.48. The van der Waals surface area contributed by atoms with Crippen molar-refractivity contribution in [3.05, 3.63) is 12.3 Å². The second kappa shape index (κ2) is 4.96. The zero-order valence-corrected chi connectivity index (χ0v) is 11.7. The van der Waals surface area contributed by atoms with E-state index in [4.69, 9.17) is 44.3 Å². The van der Waals surface area contributed by atoms with Crippen molar-refractivity contribution in [2.45, 2.75) is 48.3 Å². The van der Waals surface area contributed by atoms with Gasteiger partial charge in [0, 0.05) is 12.1 Å². The fourth-order valence-electron chi connectivity index (χ4n) is 1.95. The zero-order chi connectivity index (χ0) is 12.6. The Hall–Kier alpha value is 0.0400. The maximum atomic E-state index is 5.76. The Kier molecular flexibility index (Phi) is 3.93. The average Bonchev–Trinajstić information content (AvgIpc) is 2.95. The van der Waals surface area contributed by atoms with Crippen LogP contribution in [0.1, 0.15) is 26.2 Å². The molecule has 0 bridgehead atoms. The smallest absolute Gasteiger partial charge is 0.266 e. The third-order valence-corrected chi connectivity index (χ3v) is 3.25. The molecule has 0 unspecified atom stereocenters. The number of halogens is 3. The van der Waals surface area contributed by atoms with Crippen LogP contribution >= 0.6 is 34.8 Å². The van der Waals surface area contributed by atoms with Gasteiger partial charge >= 0.3 is 0 Å². The Balaban J connectivity index is 2.00. The number of nitrogens with zero attached hydrogens (tertiary/aromatic N) is 1. The molecular weight excluding hydrogens is 284 g/mol. The van der Waals surface area contributed by atoms with Gasteiger partial charge in [0.2, 0.25) is 5.90 Å². The summed E-state index contributed by atoms with van der Waals surface area (Å²) in [5.74, 6) is 0.0921. The van der Waals surface area contributed by atoms with Gasteiger partial charge in [-0.25, -0.2) is 4.99 Å². The maximum Gasteiger partial charge on any atom is 0.266 e. The summed E-state index contributed by atoms with van der Waals surface area (Å²) < 4.78 is 9.50. The van der Waals surface area contributed by atoms with Crippen LogP contribution in [0.3, 0.4) is 0 Å². The van der Waals surface area contributed by atoms with Crippen LogP contribution < -0.4 is 0 Å². The molecule has 0 aromatic carbocycles. The van der Waals surface area contributed by atoms with Gasteiger partial charge in [0.1, 0.15) is 12.2 Å². The van der Waals surface area contributed by atoms with Gasteiger partial charge in [-0.3, -0.25) is 0 Å². The van der Waals surface area contributed by atoms with Crippen LogP contribution in [0.4, 0.5) is 0 Å². The van der Waals surface area contributed by atoms with Gasteiger partial charge in [0.25, 0.3) is 3.79 Å². The summed E-state index contributed by atoms with van der Waals surface area (Å²) in [6.45, 7) is 5.93. The van der Waals surface area contributed by atoms with Crippen LogP contribution in [-0.2, 0) is 9.47 Å². The van der Waals surface area contributed by atoms with Crippen LogP contribution in [0.5, 0.6) is 0 Å². The first-order valence-electron chi connectivity index (χ1n) is 5.57. The quantitative estimate of drug-likeness (QED) is 0.589. The van der Waals surface area contributed by atoms with E-state index < -0.39 is 3.79 Å². The number of aliphatic imine (C=N–C) groups is 1. The molecular formula is C11H14Cl3NO2. The molecule has 0 aliphatic carbocycles. The minimum absolute atomic E-state index is 0.0737. The van der Waals surface area contributed by atoms with Crippen LogP contribution in [-0.4, -0.2) is 28.0 Å². The molecule has 96 valence electrons. The van der Waals surface area contributed by atoms with Crippen molar-refractivity contribution in [2.24, 2.45) is 4.99 Å². The second-order valence-electron chi connectivity index (χ2n) is 4.27. The predicted octanol–water partition coefficient (Wildman–Crippen LogP) is 3.63. The van der Waals surface area contributed by atoms with E-state index >= 15 is 0 Å². The molecule has 2 aliphatic heterocycles. The van der Waals surface area contributed by atoms with Gasteiger partial charge in [0.15, 0.2) is 0 Å². The molecule has 17 heavy (non-hydrogen) atoms. The summed E-state index contributed by atoms with van der Waals surface area (Å²) in [4.78, 5) is 4.03. The van der Waals surface area contributed by atoms with Crippen LogP contribution in [0.25, 0.3) is 0 Å². The van der Waals surface area contributed by atoms with Crippen molar-refractivity contribution in [1.29, 1.82) is 0 Å². The molecule has 3 atom stereocenters. The highest BCUT2D eigenvalue weighted by molar-refractivity contribution is 6.76. The third-order valence-electron chi connectivity index (χ3n) is 2.76. The van der Waals surface area contributed by atoms with Crippen molar-refractivity contribution in [1.82, 2.24) is 0 Å². The van der Waals surface area contributed by atoms with Gasteiger partial charge in [-0.2, -0.15) is 0 Å². The van der Waals surface area contributed by atoms with Crippen molar-refractivity contribution < 1.29 is 9.47 Å². The fraction of sp³-hybridized carbons (Fsp3) is 0.727. The molecule has 0 amide bonds. The first kappa shape index (κ1) is 13.5. The molecule has 0 saturated carbocycles. The lowest BCUT2D eigenvalue weighted by atomic mass is 10.1. The topological polar surface area (TPSA) is 34.1 Å². The van der Waals surface area contributed by atoms with Crippen LogP contribution in [0.2, 0.25) is 0 Å². The molecule has 1 saturated heterocycles. The molecule has 0 radical (unpaired) electrons. The molecule has 2 heterocycles. The van der Waals surface area contributed by atoms with E-state index in [1.165, 1.54) is 0 Å². The van der Waals surface area contributed by atoms with E-state index in [0.717, 1.165) is 12.8 Å². The van der Waals surface area contributed by atoms with E-state index in [-0.39, 0.29) is 24.2 Å². The molecule has 1 fully saturated rings. The number of ether oxygens (including phenoxy) is 2. The minimum atomic E-state index is -1.64. The number of hydrogen-bond donors (Lipinski definition) is 0. The van der Waals surface area contributed by atoms with Crippen molar-refractivity contribution in [2.75, 3.05) is 0 Å². The Morgan fingerprint density at radius 3 is 2.76 bits per heavy atom. The summed E-state index contributed by atoms with van der Waals surface area (Å²) >= 11 is 17.3. The molecule has 0 N–H and O–H groups in total. The lowest BCUT2D eigenvalue weighted by Gasteiger charge is -2.26. The highest BCUT2D eigenvalue weighted by atomic mass is 35.6. The first-order chi connectivity index (χ1) is 7.91. The SMILES string of the molecule is C=C1C[C@@H]([C@@H]2O[C@@H]2CCC)OC(C(Cl)(Cl)Cl)=N1. The molecule has 2 rings (SSSR count). The summed E-state index contributed by atoms with van der Waals surface area (Å²) in [5, 5.41) is 0. The Morgan fingerprint density at radius 2 is 2.18 bits per heavy atom. The van der Waals surface area contributed by atoms with Gasteiger partial charge in [0.05, 0.1) is 6.10 Å². The maximum absolute atomic E-state index is 5.76. The van der Waals surface area contributed by atoms with Crippen LogP contribution in [0.15, 0.2) is 17.3 Å². The van der Waals surface area contributed by atoms with Crippen molar-refractivity contribution >= 4 is 40.7 Å². The predicted molar refractivity (Wildman–Crippen MR) is 69.9 cm³/mol. The number of hydrogen-bond acceptors (Lipinski definition) is 3. The fourth-order valence-corrected chi connectivity index (χ4v) is 2.21. The Labute approximate surface area is 116 Å². The Morgan fingerprint density at radius 1 is 1.47 bits per heavy atom. The first-order valence-corrected chi connectivity index (χ1v) is 6.71. The highest BCUT2D eigenvalue weighted by Crippen LogP contribution is 2.39. The van der Waals surface area contributed by atoms with Gasteiger partial charge in [-0.05, 0) is 6.42 Å². The minimum Gasteiger partial charge on any atom is -0.471 e. The number of epoxide rings is 1. The van der Waals surface area contributed by atoms with E-state index in [1.807, 2.05) is 0 Å². The lowest BCUT2D eigenvalue weighted by Crippen LogP contribution is -2.35. The van der Waals surface area contributed by atoms with Gasteiger partial charge in [-0.15, -0.1) is 0 Å². The van der Waals surface area contributed by atoms with E-state index in [0.29, 0.717) is 12.1 Å². The summed E-state index contributed by atoms with van der Waals surface area (Å²) in [6, 6.07) is 0. The molecule has 2 aliphatic rings. The van der Waals surface area contributed by atoms with Gasteiger partial charge in [-0.1, -0.05) is 54.7 Å². The largest absolute Gasteiger partial charge is 0.471 e. The molecule has 6 heteroatoms. The van der Waals surface area contributed by atoms with Crippen molar-refractivity contribution in [3.63, 3.8) is 0 Å². The van der Waals surface area contributed by atoms with Crippen LogP contribution in [0, 0.1) is 0 Å². The van der Waals surface area contributed by atoms with E-state index in [1.54, 1.807) is 0 Å². The van der Waals surface area contributed by atoms with E-state index in [9.17, 15) is 0 Å². The molecule has 0 aromatic rings. The summed E-state index contributed by atoms with van der Waals surface area (Å²) in [5.41, 5.74) is 0.660. The van der Waals surface area contributed by atoms with Gasteiger partial charge < -0.3 is 9.47 Å². The second-order valence-corrected chi connectivity index (χ2v) is 6.55. The molecule has 0 aromatic heterocycles. The third kappa shape index (κ3) is 3.28. The molecule has 3 nitrogen and oxygen atoms in total.